The van der Waals surface area contributed by atoms with Crippen LogP contribution < -0.4 is 16.6 Å². The highest BCUT2D eigenvalue weighted by Crippen LogP contribution is 2.18. The summed E-state index contributed by atoms with van der Waals surface area (Å²) in [5, 5.41) is 2.74. The molecule has 0 amide bonds. The molecule has 0 aliphatic rings. The van der Waals surface area contributed by atoms with Crippen LogP contribution in [0.3, 0.4) is 0 Å². The lowest BCUT2D eigenvalue weighted by atomic mass is 10.3. The van der Waals surface area contributed by atoms with E-state index in [-0.39, 0.29) is 11.6 Å². The molecule has 5 nitrogen and oxygen atoms in total. The van der Waals surface area contributed by atoms with Crippen LogP contribution in [-0.2, 0) is 6.42 Å². The summed E-state index contributed by atoms with van der Waals surface area (Å²) in [7, 11) is 0. The summed E-state index contributed by atoms with van der Waals surface area (Å²) < 4.78 is 31.6. The van der Waals surface area contributed by atoms with Crippen LogP contribution in [0.2, 0.25) is 0 Å². The summed E-state index contributed by atoms with van der Waals surface area (Å²) in [5.41, 5.74) is 2.06. The van der Waals surface area contributed by atoms with Gasteiger partial charge in [-0.2, -0.15) is 0 Å². The van der Waals surface area contributed by atoms with Gasteiger partial charge in [0.2, 0.25) is 0 Å². The van der Waals surface area contributed by atoms with E-state index in [0.717, 1.165) is 11.8 Å². The van der Waals surface area contributed by atoms with Crippen LogP contribution in [0, 0.1) is 11.6 Å². The second-order valence-electron chi connectivity index (χ2n) is 3.55. The Labute approximate surface area is 102 Å². The van der Waals surface area contributed by atoms with Crippen LogP contribution in [0.1, 0.15) is 5.76 Å². The molecule has 4 N–H and O–H groups in total. The molecule has 2 heterocycles. The van der Waals surface area contributed by atoms with Crippen molar-refractivity contribution in [2.45, 2.75) is 6.42 Å². The first-order valence-corrected chi connectivity index (χ1v) is 5.29. The number of pyridine rings is 1. The smallest absolute Gasteiger partial charge is 0.178 e. The predicted octanol–water partition coefficient (Wildman–Crippen LogP) is 1.89. The predicted molar refractivity (Wildman–Crippen MR) is 62.9 cm³/mol. The van der Waals surface area contributed by atoms with E-state index < -0.39 is 11.6 Å². The molecule has 7 heteroatoms. The fourth-order valence-electron chi connectivity index (χ4n) is 1.45. The first kappa shape index (κ1) is 12.3. The van der Waals surface area contributed by atoms with Gasteiger partial charge in [-0.3, -0.25) is 0 Å². The summed E-state index contributed by atoms with van der Waals surface area (Å²) in [6.45, 7) is 0.410. The maximum absolute atomic E-state index is 13.4. The Hall–Kier alpha value is -2.15. The van der Waals surface area contributed by atoms with Gasteiger partial charge in [-0.05, 0) is 12.1 Å². The minimum atomic E-state index is -0.841. The topological polar surface area (TPSA) is 76.1 Å². The van der Waals surface area contributed by atoms with Crippen LogP contribution in [0.4, 0.5) is 20.4 Å². The number of halogens is 2. The fourth-order valence-corrected chi connectivity index (χ4v) is 1.45. The second-order valence-corrected chi connectivity index (χ2v) is 3.55. The van der Waals surface area contributed by atoms with E-state index >= 15 is 0 Å². The Kier molecular flexibility index (Phi) is 3.73. The average Bonchev–Trinajstić information content (AvgIpc) is 2.85. The summed E-state index contributed by atoms with van der Waals surface area (Å²) >= 11 is 0. The standard InChI is InChI=1S/C11H12F2N4O/c12-8-6-9(13)11(17-14)16-10(8)15-4-3-7-2-1-5-18-7/h1-2,5-6H,3-4,14H2,(H2,15,16,17). The Morgan fingerprint density at radius 1 is 1.28 bits per heavy atom. The van der Waals surface area contributed by atoms with Gasteiger partial charge in [-0.15, -0.1) is 0 Å². The zero-order valence-electron chi connectivity index (χ0n) is 9.41. The molecule has 18 heavy (non-hydrogen) atoms. The van der Waals surface area contributed by atoms with Gasteiger partial charge in [0.1, 0.15) is 5.76 Å². The van der Waals surface area contributed by atoms with Crippen molar-refractivity contribution in [3.05, 3.63) is 41.9 Å². The Morgan fingerprint density at radius 3 is 2.72 bits per heavy atom. The van der Waals surface area contributed by atoms with E-state index in [4.69, 9.17) is 10.3 Å². The van der Waals surface area contributed by atoms with Gasteiger partial charge in [-0.25, -0.2) is 19.6 Å². The first-order valence-electron chi connectivity index (χ1n) is 5.29. The molecular weight excluding hydrogens is 242 g/mol. The quantitative estimate of drug-likeness (QED) is 0.561. The lowest BCUT2D eigenvalue weighted by Gasteiger charge is -2.08. The van der Waals surface area contributed by atoms with Gasteiger partial charge >= 0.3 is 0 Å². The lowest BCUT2D eigenvalue weighted by molar-refractivity contribution is 0.512. The zero-order valence-corrected chi connectivity index (χ0v) is 9.41. The number of hydrogen-bond donors (Lipinski definition) is 3. The van der Waals surface area contributed by atoms with Gasteiger partial charge in [0.05, 0.1) is 6.26 Å². The van der Waals surface area contributed by atoms with Gasteiger partial charge in [0.25, 0.3) is 0 Å². The van der Waals surface area contributed by atoms with Crippen molar-refractivity contribution in [2.24, 2.45) is 5.84 Å². The summed E-state index contributed by atoms with van der Waals surface area (Å²) in [5.74, 6) is 3.94. The number of nitrogen functional groups attached to an aromatic ring is 1. The molecule has 0 aromatic carbocycles. The number of nitrogens with zero attached hydrogens (tertiary/aromatic N) is 1. The fraction of sp³-hybridized carbons (Fsp3) is 0.182. The Balaban J connectivity index is 2.00. The molecule has 0 spiro atoms. The molecule has 0 saturated carbocycles. The van der Waals surface area contributed by atoms with Crippen LogP contribution >= 0.6 is 0 Å². The molecule has 0 saturated heterocycles. The van der Waals surface area contributed by atoms with Crippen molar-refractivity contribution in [2.75, 3.05) is 17.3 Å². The number of nitrogens with two attached hydrogens (primary N) is 1. The molecule has 2 aromatic heterocycles. The second kappa shape index (κ2) is 5.46. The molecule has 0 atom stereocenters. The van der Waals surface area contributed by atoms with Gasteiger partial charge in [-0.1, -0.05) is 0 Å². The van der Waals surface area contributed by atoms with E-state index in [9.17, 15) is 8.78 Å². The van der Waals surface area contributed by atoms with Gasteiger partial charge in [0, 0.05) is 19.0 Å². The first-order chi connectivity index (χ1) is 8.70. The van der Waals surface area contributed by atoms with E-state index in [0.29, 0.717) is 13.0 Å². The SMILES string of the molecule is NNc1nc(NCCc2ccco2)c(F)cc1F. The van der Waals surface area contributed by atoms with Crippen molar-refractivity contribution in [3.63, 3.8) is 0 Å². The number of anilines is 2. The van der Waals surface area contributed by atoms with Gasteiger partial charge in [0.15, 0.2) is 23.3 Å². The molecule has 0 aliphatic heterocycles. The monoisotopic (exact) mass is 254 g/mol. The third-order valence-electron chi connectivity index (χ3n) is 2.31. The van der Waals surface area contributed by atoms with Crippen molar-refractivity contribution < 1.29 is 13.2 Å². The number of rotatable bonds is 5. The Bertz CT molecular complexity index is 516. The summed E-state index contributed by atoms with van der Waals surface area (Å²) in [6, 6.07) is 4.29. The lowest BCUT2D eigenvalue weighted by Crippen LogP contribution is -2.14. The van der Waals surface area contributed by atoms with E-state index in [1.807, 2.05) is 6.07 Å². The maximum Gasteiger partial charge on any atom is 0.178 e. The molecule has 0 radical (unpaired) electrons. The minimum Gasteiger partial charge on any atom is -0.469 e. The number of aromatic nitrogens is 1. The third-order valence-corrected chi connectivity index (χ3v) is 2.31. The third kappa shape index (κ3) is 2.75. The van der Waals surface area contributed by atoms with Crippen molar-refractivity contribution in [3.8, 4) is 0 Å². The number of furan rings is 1. The normalized spacial score (nSPS) is 10.4. The summed E-state index contributed by atoms with van der Waals surface area (Å²) in [6.07, 6.45) is 2.12. The van der Waals surface area contributed by atoms with E-state index in [2.05, 4.69) is 15.7 Å². The molecule has 0 unspecified atom stereocenters. The largest absolute Gasteiger partial charge is 0.469 e. The molecule has 0 bridgehead atoms. The number of hydrazine groups is 1. The van der Waals surface area contributed by atoms with Crippen LogP contribution in [0.15, 0.2) is 28.9 Å². The van der Waals surface area contributed by atoms with Gasteiger partial charge < -0.3 is 15.2 Å². The number of hydrogen-bond acceptors (Lipinski definition) is 5. The highest BCUT2D eigenvalue weighted by atomic mass is 19.1. The molecule has 0 fully saturated rings. The minimum absolute atomic E-state index is 0.0593. The van der Waals surface area contributed by atoms with E-state index in [1.165, 1.54) is 0 Å². The molecule has 2 aromatic rings. The van der Waals surface area contributed by atoms with Crippen LogP contribution in [0.5, 0.6) is 0 Å². The van der Waals surface area contributed by atoms with Crippen molar-refractivity contribution >= 4 is 11.6 Å². The van der Waals surface area contributed by atoms with Crippen LogP contribution in [0.25, 0.3) is 0 Å². The highest BCUT2D eigenvalue weighted by Gasteiger charge is 2.10. The molecule has 2 rings (SSSR count). The zero-order chi connectivity index (χ0) is 13.0. The summed E-state index contributed by atoms with van der Waals surface area (Å²) in [4.78, 5) is 3.68. The highest BCUT2D eigenvalue weighted by molar-refractivity contribution is 5.46. The molecular formula is C11H12F2N4O. The van der Waals surface area contributed by atoms with Crippen molar-refractivity contribution in [1.82, 2.24) is 4.98 Å². The van der Waals surface area contributed by atoms with E-state index in [1.54, 1.807) is 12.3 Å². The molecule has 0 aliphatic carbocycles. The Morgan fingerprint density at radius 2 is 2.06 bits per heavy atom. The van der Waals surface area contributed by atoms with Crippen LogP contribution in [-0.4, -0.2) is 11.5 Å². The molecule has 96 valence electrons. The average molecular weight is 254 g/mol. The maximum atomic E-state index is 13.4. The number of nitrogens with one attached hydrogen (secondary N) is 2. The van der Waals surface area contributed by atoms with Crippen molar-refractivity contribution in [1.29, 1.82) is 0 Å².